The van der Waals surface area contributed by atoms with Gasteiger partial charge in [0.15, 0.2) is 0 Å². The minimum atomic E-state index is -2.49. The Morgan fingerprint density at radius 2 is 1.81 bits per heavy atom. The number of rotatable bonds is 8. The van der Waals surface area contributed by atoms with Crippen molar-refractivity contribution in [3.8, 4) is 0 Å². The average Bonchev–Trinajstić information content (AvgIpc) is 2.62. The van der Waals surface area contributed by atoms with Crippen molar-refractivity contribution in [3.63, 3.8) is 0 Å². The summed E-state index contributed by atoms with van der Waals surface area (Å²) in [5, 5.41) is 5.87. The first-order valence-corrected chi connectivity index (χ1v) is 10.0. The third-order valence-corrected chi connectivity index (χ3v) is 5.37. The van der Waals surface area contributed by atoms with E-state index in [1.54, 1.807) is 0 Å². The third-order valence-electron chi connectivity index (χ3n) is 4.65. The Morgan fingerprint density at radius 1 is 1.15 bits per heavy atom. The predicted molar refractivity (Wildman–Crippen MR) is 99.5 cm³/mol. The second kappa shape index (κ2) is 9.90. The van der Waals surface area contributed by atoms with Crippen molar-refractivity contribution in [2.45, 2.75) is 68.1 Å². The molecular formula is C19H26F2N2O2S. The van der Waals surface area contributed by atoms with Gasteiger partial charge in [-0.05, 0) is 43.5 Å². The van der Waals surface area contributed by atoms with Crippen molar-refractivity contribution >= 4 is 23.6 Å². The molecule has 1 aromatic carbocycles. The Hall–Kier alpha value is -1.63. The number of alkyl halides is 2. The summed E-state index contributed by atoms with van der Waals surface area (Å²) in [7, 11) is 0. The molecule has 0 saturated heterocycles. The summed E-state index contributed by atoms with van der Waals surface area (Å²) in [6.45, 7) is 2.66. The number of hydrogen-bond acceptors (Lipinski definition) is 3. The van der Waals surface area contributed by atoms with E-state index < -0.39 is 11.3 Å². The van der Waals surface area contributed by atoms with Crippen LogP contribution in [0.25, 0.3) is 0 Å². The number of amides is 2. The molecule has 1 aliphatic rings. The van der Waals surface area contributed by atoms with E-state index >= 15 is 0 Å². The Labute approximate surface area is 157 Å². The van der Waals surface area contributed by atoms with Gasteiger partial charge < -0.3 is 10.6 Å². The van der Waals surface area contributed by atoms with E-state index in [-0.39, 0.29) is 11.8 Å². The van der Waals surface area contributed by atoms with Gasteiger partial charge in [-0.25, -0.2) is 0 Å². The van der Waals surface area contributed by atoms with Crippen molar-refractivity contribution in [1.82, 2.24) is 10.6 Å². The van der Waals surface area contributed by atoms with Crippen LogP contribution in [0.4, 0.5) is 8.78 Å². The van der Waals surface area contributed by atoms with Gasteiger partial charge in [-0.2, -0.15) is 8.78 Å². The Kier molecular flexibility index (Phi) is 7.87. The maximum absolute atomic E-state index is 12.7. The lowest BCUT2D eigenvalue weighted by molar-refractivity contribution is -0.128. The molecule has 1 saturated carbocycles. The van der Waals surface area contributed by atoms with Crippen molar-refractivity contribution < 1.29 is 18.4 Å². The zero-order valence-electron chi connectivity index (χ0n) is 15.0. The van der Waals surface area contributed by atoms with Crippen molar-refractivity contribution in [1.29, 1.82) is 0 Å². The largest absolute Gasteiger partial charge is 0.354 e. The number of carbonyl (C=O) groups excluding carboxylic acids is 2. The zero-order chi connectivity index (χ0) is 19.0. The maximum Gasteiger partial charge on any atom is 0.288 e. The zero-order valence-corrected chi connectivity index (χ0v) is 15.8. The van der Waals surface area contributed by atoms with Gasteiger partial charge in [0, 0.05) is 17.0 Å². The maximum atomic E-state index is 12.7. The second-order valence-electron chi connectivity index (χ2n) is 6.61. The Bertz CT molecular complexity index is 602. The summed E-state index contributed by atoms with van der Waals surface area (Å²) < 4.78 is 24.8. The Morgan fingerprint density at radius 3 is 2.38 bits per heavy atom. The predicted octanol–water partition coefficient (Wildman–Crippen LogP) is 4.35. The molecule has 1 aromatic rings. The van der Waals surface area contributed by atoms with E-state index in [9.17, 15) is 18.4 Å². The molecule has 144 valence electrons. The van der Waals surface area contributed by atoms with Gasteiger partial charge in [-0.15, -0.1) is 0 Å². The van der Waals surface area contributed by atoms with Crippen molar-refractivity contribution in [2.24, 2.45) is 0 Å². The standard InChI is InChI=1S/C19H26F2N2O2S/c1-2-3-13-22-17(25)19(11-5-4-6-12-19)23-16(24)14-7-9-15(10-8-14)26-18(20)21/h7-10,18H,2-6,11-13H2,1H3,(H,22,25)(H,23,24). The quantitative estimate of drug-likeness (QED) is 0.517. The van der Waals surface area contributed by atoms with Crippen LogP contribution >= 0.6 is 11.8 Å². The molecule has 0 unspecified atom stereocenters. The van der Waals surface area contributed by atoms with Gasteiger partial charge in [-0.3, -0.25) is 9.59 Å². The fourth-order valence-electron chi connectivity index (χ4n) is 3.19. The number of halogens is 2. The fourth-order valence-corrected chi connectivity index (χ4v) is 3.69. The van der Waals surface area contributed by atoms with Crippen LogP contribution in [0.15, 0.2) is 29.2 Å². The molecule has 2 rings (SSSR count). The van der Waals surface area contributed by atoms with Crippen LogP contribution in [-0.2, 0) is 4.79 Å². The highest BCUT2D eigenvalue weighted by atomic mass is 32.2. The van der Waals surface area contributed by atoms with Crippen LogP contribution in [0.3, 0.4) is 0 Å². The molecule has 0 spiro atoms. The SMILES string of the molecule is CCCCNC(=O)C1(NC(=O)c2ccc(SC(F)F)cc2)CCCCC1. The summed E-state index contributed by atoms with van der Waals surface area (Å²) in [5.41, 5.74) is -0.505. The fraction of sp³-hybridized carbons (Fsp3) is 0.579. The molecule has 4 nitrogen and oxygen atoms in total. The molecule has 2 N–H and O–H groups in total. The number of carbonyl (C=O) groups is 2. The van der Waals surface area contributed by atoms with E-state index in [0.29, 0.717) is 41.6 Å². The summed E-state index contributed by atoms with van der Waals surface area (Å²) >= 11 is 0.441. The molecule has 0 aliphatic heterocycles. The number of hydrogen-bond donors (Lipinski definition) is 2. The highest BCUT2D eigenvalue weighted by Gasteiger charge is 2.40. The minimum absolute atomic E-state index is 0.121. The van der Waals surface area contributed by atoms with Crippen molar-refractivity contribution in [2.75, 3.05) is 6.54 Å². The van der Waals surface area contributed by atoms with Gasteiger partial charge >= 0.3 is 0 Å². The van der Waals surface area contributed by atoms with E-state index in [2.05, 4.69) is 17.6 Å². The number of thioether (sulfide) groups is 1. The number of nitrogens with one attached hydrogen (secondary N) is 2. The van der Waals surface area contributed by atoms with Crippen LogP contribution in [0.1, 0.15) is 62.2 Å². The monoisotopic (exact) mass is 384 g/mol. The molecule has 0 atom stereocenters. The van der Waals surface area contributed by atoms with Gasteiger partial charge in [0.25, 0.3) is 11.7 Å². The lowest BCUT2D eigenvalue weighted by atomic mass is 9.80. The summed E-state index contributed by atoms with van der Waals surface area (Å²) in [4.78, 5) is 25.8. The summed E-state index contributed by atoms with van der Waals surface area (Å²) in [6, 6.07) is 6.04. The molecule has 0 heterocycles. The second-order valence-corrected chi connectivity index (χ2v) is 7.67. The van der Waals surface area contributed by atoms with Crippen LogP contribution in [-0.4, -0.2) is 29.7 Å². The normalized spacial score (nSPS) is 16.3. The molecule has 1 fully saturated rings. The van der Waals surface area contributed by atoms with Gasteiger partial charge in [0.1, 0.15) is 5.54 Å². The van der Waals surface area contributed by atoms with Gasteiger partial charge in [0.05, 0.1) is 0 Å². The first-order chi connectivity index (χ1) is 12.5. The highest BCUT2D eigenvalue weighted by molar-refractivity contribution is 7.99. The van der Waals surface area contributed by atoms with Crippen LogP contribution in [0.5, 0.6) is 0 Å². The molecule has 0 radical (unpaired) electrons. The third kappa shape index (κ3) is 5.69. The lowest BCUT2D eigenvalue weighted by Gasteiger charge is -2.36. The van der Waals surface area contributed by atoms with E-state index in [1.165, 1.54) is 24.3 Å². The molecule has 7 heteroatoms. The van der Waals surface area contributed by atoms with Crippen molar-refractivity contribution in [3.05, 3.63) is 29.8 Å². The number of benzene rings is 1. The molecule has 2 amide bonds. The summed E-state index contributed by atoms with van der Waals surface area (Å²) in [5.74, 6) is -2.96. The van der Waals surface area contributed by atoms with E-state index in [4.69, 9.17) is 0 Å². The Balaban J connectivity index is 2.07. The molecule has 0 bridgehead atoms. The first kappa shape index (κ1) is 20.7. The van der Waals surface area contributed by atoms with E-state index in [0.717, 1.165) is 32.1 Å². The van der Waals surface area contributed by atoms with Crippen LogP contribution in [0, 0.1) is 0 Å². The van der Waals surface area contributed by atoms with Crippen LogP contribution < -0.4 is 10.6 Å². The highest BCUT2D eigenvalue weighted by Crippen LogP contribution is 2.29. The first-order valence-electron chi connectivity index (χ1n) is 9.12. The average molecular weight is 384 g/mol. The molecular weight excluding hydrogens is 358 g/mol. The van der Waals surface area contributed by atoms with Gasteiger partial charge in [-0.1, -0.05) is 44.4 Å². The lowest BCUT2D eigenvalue weighted by Crippen LogP contribution is -2.59. The molecule has 1 aliphatic carbocycles. The van der Waals surface area contributed by atoms with E-state index in [1.807, 2.05) is 0 Å². The minimum Gasteiger partial charge on any atom is -0.354 e. The smallest absolute Gasteiger partial charge is 0.288 e. The summed E-state index contributed by atoms with van der Waals surface area (Å²) in [6.07, 6.45) is 5.98. The van der Waals surface area contributed by atoms with Gasteiger partial charge in [0.2, 0.25) is 5.91 Å². The topological polar surface area (TPSA) is 58.2 Å². The molecule has 0 aromatic heterocycles. The van der Waals surface area contributed by atoms with Crippen LogP contribution in [0.2, 0.25) is 0 Å². The number of unbranched alkanes of at least 4 members (excludes halogenated alkanes) is 1. The molecule has 26 heavy (non-hydrogen) atoms.